The second kappa shape index (κ2) is 10.6. The number of hydrogen-bond acceptors (Lipinski definition) is 6. The van der Waals surface area contributed by atoms with Crippen LogP contribution >= 0.6 is 11.6 Å². The molecule has 3 heterocycles. The number of hydrogen-bond donors (Lipinski definition) is 2. The fraction of sp³-hybridized carbons (Fsp3) is 0.320. The molecule has 32 heavy (non-hydrogen) atoms. The third-order valence-electron chi connectivity index (χ3n) is 5.64. The molecule has 0 spiro atoms. The van der Waals surface area contributed by atoms with Gasteiger partial charge in [0.1, 0.15) is 17.5 Å². The number of rotatable bonds is 8. The predicted octanol–water partition coefficient (Wildman–Crippen LogP) is 4.78. The van der Waals surface area contributed by atoms with Gasteiger partial charge in [0.25, 0.3) is 0 Å². The Kier molecular flexibility index (Phi) is 7.35. The van der Waals surface area contributed by atoms with E-state index in [-0.39, 0.29) is 0 Å². The summed E-state index contributed by atoms with van der Waals surface area (Å²) < 4.78 is 5.93. The second-order valence-corrected chi connectivity index (χ2v) is 8.28. The van der Waals surface area contributed by atoms with Gasteiger partial charge in [-0.05, 0) is 68.4 Å². The SMILES string of the molecule is CN/C=C(\C(=N)c1ccc(OCCN2CCCCC2)cc1)c1cnc2ccc(Cl)nc2c1. The summed E-state index contributed by atoms with van der Waals surface area (Å²) in [4.78, 5) is 11.3. The van der Waals surface area contributed by atoms with Crippen molar-refractivity contribution in [1.29, 1.82) is 5.41 Å². The van der Waals surface area contributed by atoms with Gasteiger partial charge >= 0.3 is 0 Å². The van der Waals surface area contributed by atoms with Gasteiger partial charge in [0.05, 0.1) is 16.7 Å². The molecular formula is C25H28ClN5O. The maximum atomic E-state index is 8.79. The van der Waals surface area contributed by atoms with Crippen molar-refractivity contribution >= 4 is 33.9 Å². The maximum Gasteiger partial charge on any atom is 0.129 e. The molecule has 1 saturated heterocycles. The lowest BCUT2D eigenvalue weighted by atomic mass is 9.97. The van der Waals surface area contributed by atoms with Crippen LogP contribution < -0.4 is 10.1 Å². The molecule has 2 N–H and O–H groups in total. The Morgan fingerprint density at radius 3 is 2.62 bits per heavy atom. The Bertz CT molecular complexity index is 1110. The van der Waals surface area contributed by atoms with E-state index < -0.39 is 0 Å². The zero-order valence-corrected chi connectivity index (χ0v) is 19.0. The van der Waals surface area contributed by atoms with Crippen molar-refractivity contribution in [3.05, 3.63) is 71.1 Å². The third-order valence-corrected chi connectivity index (χ3v) is 5.85. The van der Waals surface area contributed by atoms with Gasteiger partial charge in [-0.15, -0.1) is 0 Å². The van der Waals surface area contributed by atoms with Crippen LogP contribution in [0.25, 0.3) is 16.6 Å². The number of fused-ring (bicyclic) bond motifs is 1. The van der Waals surface area contributed by atoms with Crippen molar-refractivity contribution in [1.82, 2.24) is 20.2 Å². The molecule has 2 aromatic heterocycles. The number of aromatic nitrogens is 2. The lowest BCUT2D eigenvalue weighted by Gasteiger charge is -2.26. The van der Waals surface area contributed by atoms with Crippen LogP contribution in [0, 0.1) is 5.41 Å². The van der Waals surface area contributed by atoms with Crippen molar-refractivity contribution < 1.29 is 4.74 Å². The highest BCUT2D eigenvalue weighted by Gasteiger charge is 2.13. The van der Waals surface area contributed by atoms with Crippen molar-refractivity contribution in [3.8, 4) is 5.75 Å². The summed E-state index contributed by atoms with van der Waals surface area (Å²) in [5.41, 5.74) is 4.18. The molecule has 4 rings (SSSR count). The molecule has 0 atom stereocenters. The fourth-order valence-corrected chi connectivity index (χ4v) is 4.08. The Balaban J connectivity index is 1.45. The number of allylic oxidation sites excluding steroid dienone is 1. The number of benzene rings is 1. The second-order valence-electron chi connectivity index (χ2n) is 7.89. The molecule has 0 aliphatic carbocycles. The minimum absolute atomic E-state index is 0.391. The summed E-state index contributed by atoms with van der Waals surface area (Å²) in [6, 6.07) is 13.2. The molecule has 1 aromatic carbocycles. The van der Waals surface area contributed by atoms with Crippen molar-refractivity contribution in [3.63, 3.8) is 0 Å². The summed E-state index contributed by atoms with van der Waals surface area (Å²) in [6.45, 7) is 3.98. The first kappa shape index (κ1) is 22.2. The fourth-order valence-electron chi connectivity index (χ4n) is 3.92. The van der Waals surface area contributed by atoms with E-state index in [0.29, 0.717) is 23.0 Å². The zero-order chi connectivity index (χ0) is 22.3. The topological polar surface area (TPSA) is 74.1 Å². The van der Waals surface area contributed by atoms with Gasteiger partial charge in [-0.1, -0.05) is 18.0 Å². The van der Waals surface area contributed by atoms with E-state index in [1.807, 2.05) is 43.4 Å². The van der Waals surface area contributed by atoms with Crippen molar-refractivity contribution in [2.45, 2.75) is 19.3 Å². The van der Waals surface area contributed by atoms with Crippen LogP contribution in [0.1, 0.15) is 30.4 Å². The quantitative estimate of drug-likeness (QED) is 0.382. The Morgan fingerprint density at radius 1 is 1.09 bits per heavy atom. The van der Waals surface area contributed by atoms with Crippen molar-refractivity contribution in [2.75, 3.05) is 33.3 Å². The summed E-state index contributed by atoms with van der Waals surface area (Å²) >= 11 is 6.04. The number of likely N-dealkylation sites (tertiary alicyclic amines) is 1. The maximum absolute atomic E-state index is 8.79. The normalized spacial score (nSPS) is 15.0. The van der Waals surface area contributed by atoms with E-state index >= 15 is 0 Å². The highest BCUT2D eigenvalue weighted by atomic mass is 35.5. The number of piperidine rings is 1. The molecule has 0 radical (unpaired) electrons. The third kappa shape index (κ3) is 5.44. The molecule has 6 nitrogen and oxygen atoms in total. The smallest absolute Gasteiger partial charge is 0.129 e. The highest BCUT2D eigenvalue weighted by Crippen LogP contribution is 2.24. The van der Waals surface area contributed by atoms with E-state index in [9.17, 15) is 0 Å². The Hall–Kier alpha value is -2.96. The van der Waals surface area contributed by atoms with Gasteiger partial charge in [0.15, 0.2) is 0 Å². The molecule has 0 bridgehead atoms. The van der Waals surface area contributed by atoms with E-state index in [1.54, 1.807) is 18.5 Å². The lowest BCUT2D eigenvalue weighted by molar-refractivity contribution is 0.183. The number of nitrogens with one attached hydrogen (secondary N) is 2. The van der Waals surface area contributed by atoms with E-state index in [1.165, 1.54) is 32.4 Å². The largest absolute Gasteiger partial charge is 0.492 e. The number of halogens is 1. The minimum atomic E-state index is 0.391. The van der Waals surface area contributed by atoms with Crippen LogP contribution in [0.5, 0.6) is 5.75 Å². The van der Waals surface area contributed by atoms with Gasteiger partial charge in [-0.25, -0.2) is 4.98 Å². The van der Waals surface area contributed by atoms with E-state index in [0.717, 1.165) is 34.5 Å². The molecule has 1 aliphatic heterocycles. The average molecular weight is 450 g/mol. The molecule has 1 fully saturated rings. The van der Waals surface area contributed by atoms with Crippen molar-refractivity contribution in [2.24, 2.45) is 0 Å². The first-order valence-electron chi connectivity index (χ1n) is 11.0. The molecule has 7 heteroatoms. The average Bonchev–Trinajstić information content (AvgIpc) is 2.83. The van der Waals surface area contributed by atoms with Gasteiger partial charge in [-0.2, -0.15) is 0 Å². The van der Waals surface area contributed by atoms with Gasteiger partial charge in [0.2, 0.25) is 0 Å². The Morgan fingerprint density at radius 2 is 1.88 bits per heavy atom. The van der Waals surface area contributed by atoms with E-state index in [2.05, 4.69) is 20.2 Å². The standard InChI is InChI=1S/C25H28ClN5O/c1-28-17-21(19-15-23-22(29-16-19)9-10-24(26)30-23)25(27)18-5-7-20(8-6-18)32-14-13-31-11-3-2-4-12-31/h5-10,15-17,27-28H,2-4,11-14H2,1H3/b21-17-,27-25?. The molecule has 0 saturated carbocycles. The molecule has 3 aromatic rings. The zero-order valence-electron chi connectivity index (χ0n) is 18.3. The van der Waals surface area contributed by atoms with Crippen LogP contribution in [0.3, 0.4) is 0 Å². The van der Waals surface area contributed by atoms with Crippen LogP contribution in [-0.4, -0.2) is 53.9 Å². The number of pyridine rings is 2. The number of nitrogens with zero attached hydrogens (tertiary/aromatic N) is 3. The monoisotopic (exact) mass is 449 g/mol. The van der Waals surface area contributed by atoms with Crippen LogP contribution in [0.2, 0.25) is 5.15 Å². The van der Waals surface area contributed by atoms with Gasteiger partial charge < -0.3 is 10.1 Å². The van der Waals surface area contributed by atoms with E-state index in [4.69, 9.17) is 21.7 Å². The molecule has 166 valence electrons. The first-order chi connectivity index (χ1) is 15.6. The summed E-state index contributed by atoms with van der Waals surface area (Å²) in [7, 11) is 1.82. The number of ether oxygens (including phenoxy) is 1. The van der Waals surface area contributed by atoms with Crippen LogP contribution in [0.4, 0.5) is 0 Å². The molecule has 1 aliphatic rings. The first-order valence-corrected chi connectivity index (χ1v) is 11.4. The molecule has 0 unspecified atom stereocenters. The summed E-state index contributed by atoms with van der Waals surface area (Å²) in [5.74, 6) is 0.823. The summed E-state index contributed by atoms with van der Waals surface area (Å²) in [6.07, 6.45) is 7.48. The highest BCUT2D eigenvalue weighted by molar-refractivity contribution is 6.31. The van der Waals surface area contributed by atoms with Crippen LogP contribution in [0.15, 0.2) is 54.9 Å². The van der Waals surface area contributed by atoms with Crippen LogP contribution in [-0.2, 0) is 0 Å². The molecule has 0 amide bonds. The summed E-state index contributed by atoms with van der Waals surface area (Å²) in [5, 5.41) is 12.2. The Labute approximate surface area is 193 Å². The van der Waals surface area contributed by atoms with Gasteiger partial charge in [-0.3, -0.25) is 15.3 Å². The van der Waals surface area contributed by atoms with Gasteiger partial charge in [0, 0.05) is 42.7 Å². The lowest BCUT2D eigenvalue weighted by Crippen LogP contribution is -2.33. The predicted molar refractivity (Wildman–Crippen MR) is 131 cm³/mol. The minimum Gasteiger partial charge on any atom is -0.492 e. The molecular weight excluding hydrogens is 422 g/mol.